The minimum atomic E-state index is -5.08. The van der Waals surface area contributed by atoms with Gasteiger partial charge in [0.1, 0.15) is 5.76 Å². The molecule has 0 bridgehead atoms. The molecular weight excluding hydrogens is 574 g/mol. The summed E-state index contributed by atoms with van der Waals surface area (Å²) in [5.74, 6) is -4.61. The minimum Gasteiger partial charge on any atom is -0.475 e. The number of carbonyl (C=O) groups is 2. The molecule has 1 aromatic carbocycles. The zero-order valence-electron chi connectivity index (χ0n) is 22.4. The number of carboxylic acid groups (broad SMARTS) is 2. The Labute approximate surface area is 237 Å². The lowest BCUT2D eigenvalue weighted by Crippen LogP contribution is -2.49. The smallest absolute Gasteiger partial charge is 0.475 e. The van der Waals surface area contributed by atoms with Crippen LogP contribution in [-0.2, 0) is 15.0 Å². The average molecular weight is 607 g/mol. The molecule has 0 amide bonds. The number of halogens is 6. The fourth-order valence-corrected chi connectivity index (χ4v) is 5.66. The van der Waals surface area contributed by atoms with E-state index >= 15 is 0 Å². The van der Waals surface area contributed by atoms with Crippen LogP contribution >= 0.6 is 0 Å². The second kappa shape index (κ2) is 13.7. The van der Waals surface area contributed by atoms with Crippen molar-refractivity contribution < 1.29 is 55.7 Å². The number of benzene rings is 1. The van der Waals surface area contributed by atoms with Crippen LogP contribution in [0.3, 0.4) is 0 Å². The molecule has 2 saturated heterocycles. The van der Waals surface area contributed by atoms with Crippen LogP contribution in [0.5, 0.6) is 0 Å². The first-order valence-corrected chi connectivity index (χ1v) is 13.2. The molecule has 3 N–H and O–H groups in total. The Kier molecular flexibility index (Phi) is 10.8. The number of hydrogen-bond acceptors (Lipinski definition) is 6. The van der Waals surface area contributed by atoms with E-state index in [4.69, 9.17) is 24.2 Å². The Morgan fingerprint density at radius 1 is 0.905 bits per heavy atom. The largest absolute Gasteiger partial charge is 0.490 e. The molecule has 42 heavy (non-hydrogen) atoms. The lowest BCUT2D eigenvalue weighted by Gasteiger charge is -2.43. The molecule has 14 heteroatoms. The summed E-state index contributed by atoms with van der Waals surface area (Å²) in [6, 6.07) is 12.9. The summed E-state index contributed by atoms with van der Waals surface area (Å²) in [4.78, 5) is 22.8. The Morgan fingerprint density at radius 3 is 1.95 bits per heavy atom. The highest BCUT2D eigenvalue weighted by atomic mass is 19.4. The summed E-state index contributed by atoms with van der Waals surface area (Å²) >= 11 is 0. The van der Waals surface area contributed by atoms with Crippen molar-refractivity contribution >= 4 is 18.0 Å². The maximum absolute atomic E-state index is 11.5. The number of rotatable bonds is 4. The predicted molar refractivity (Wildman–Crippen MR) is 138 cm³/mol. The molecule has 0 unspecified atom stereocenters. The average Bonchev–Trinajstić information content (AvgIpc) is 3.68. The second-order valence-electron chi connectivity index (χ2n) is 10.2. The van der Waals surface area contributed by atoms with Crippen LogP contribution in [0.15, 0.2) is 53.2 Å². The van der Waals surface area contributed by atoms with Gasteiger partial charge in [0.05, 0.1) is 18.4 Å². The number of hydrogen-bond donors (Lipinski definition) is 3. The Morgan fingerprint density at radius 2 is 1.45 bits per heavy atom. The molecule has 2 aromatic rings. The lowest BCUT2D eigenvalue weighted by atomic mass is 9.72. The maximum atomic E-state index is 11.5. The topological polar surface area (TPSA) is 114 Å². The number of nitrogens with zero attached hydrogens (tertiary/aromatic N) is 2. The summed E-state index contributed by atoms with van der Waals surface area (Å²) in [6.45, 7) is 5.23. The number of piperidine rings is 1. The van der Waals surface area contributed by atoms with E-state index in [2.05, 4.69) is 40.1 Å². The molecule has 1 aromatic heterocycles. The molecule has 1 aliphatic carbocycles. The van der Waals surface area contributed by atoms with Crippen LogP contribution < -0.4 is 0 Å². The summed E-state index contributed by atoms with van der Waals surface area (Å²) in [6.07, 6.45) is 0.0660. The predicted octanol–water partition coefficient (Wildman–Crippen LogP) is 5.10. The highest BCUT2D eigenvalue weighted by Gasteiger charge is 2.54. The molecule has 2 atom stereocenters. The van der Waals surface area contributed by atoms with Crippen LogP contribution in [0.1, 0.15) is 48.6 Å². The molecule has 8 nitrogen and oxygen atoms in total. The van der Waals surface area contributed by atoms with Crippen LogP contribution in [0, 0.1) is 0 Å². The van der Waals surface area contributed by atoms with Gasteiger partial charge in [0.25, 0.3) is 0 Å². The number of carboxylic acids is 2. The number of alkyl halides is 6. The maximum Gasteiger partial charge on any atom is 0.490 e. The number of fused-ring (bicyclic) bond motifs is 2. The van der Waals surface area contributed by atoms with Crippen molar-refractivity contribution in [2.75, 3.05) is 32.7 Å². The molecule has 1 spiro atoms. The summed E-state index contributed by atoms with van der Waals surface area (Å²) in [5.41, 5.74) is 2.71. The molecule has 3 aliphatic rings. The van der Waals surface area contributed by atoms with Gasteiger partial charge in [-0.1, -0.05) is 30.3 Å². The van der Waals surface area contributed by atoms with Gasteiger partial charge < -0.3 is 19.7 Å². The van der Waals surface area contributed by atoms with Gasteiger partial charge in [0.15, 0.2) is 0 Å². The van der Waals surface area contributed by atoms with E-state index in [9.17, 15) is 31.4 Å². The third kappa shape index (κ3) is 8.13. The molecule has 232 valence electrons. The molecule has 0 saturated carbocycles. The van der Waals surface area contributed by atoms with Gasteiger partial charge >= 0.3 is 24.3 Å². The van der Waals surface area contributed by atoms with Crippen molar-refractivity contribution in [3.8, 4) is 0 Å². The number of aliphatic hydroxyl groups is 1. The first-order valence-electron chi connectivity index (χ1n) is 13.2. The van der Waals surface area contributed by atoms with Crippen molar-refractivity contribution in [2.45, 2.75) is 55.6 Å². The van der Waals surface area contributed by atoms with E-state index in [0.29, 0.717) is 0 Å². The standard InChI is InChI=1S/C24H30N2O2.2C2HF3O2/c27-23-22(26-14-3-4-15-26)20-9-1-2-10-21(20)24(23)11-16-25(17-12-24)13-5-7-19-8-6-18-28-19;2*3-2(4,5)1(6)7/h1-2,5-10,18,22-23,27H,3-4,11-17H2;2*(H,6,7)/b7-5+;;/t22-,23+;;/m1../s1. The van der Waals surface area contributed by atoms with Gasteiger partial charge in [-0.2, -0.15) is 26.3 Å². The highest BCUT2D eigenvalue weighted by molar-refractivity contribution is 5.73. The third-order valence-corrected chi connectivity index (χ3v) is 7.64. The SMILES string of the molecule is O=C(O)C(F)(F)F.O=C(O)C(F)(F)F.O[C@H]1[C@H](N2CCCC2)c2ccccc2C12CCN(C/C=C/c1ccco1)CC2. The molecule has 0 radical (unpaired) electrons. The van der Waals surface area contributed by atoms with Crippen LogP contribution in [0.4, 0.5) is 26.3 Å². The first-order chi connectivity index (χ1) is 19.7. The minimum absolute atomic E-state index is 0.0783. The van der Waals surface area contributed by atoms with E-state index in [1.165, 1.54) is 24.0 Å². The zero-order valence-corrected chi connectivity index (χ0v) is 22.4. The molecule has 2 fully saturated rings. The summed E-state index contributed by atoms with van der Waals surface area (Å²) in [5, 5.41) is 25.8. The fraction of sp³-hybridized carbons (Fsp3) is 0.500. The van der Waals surface area contributed by atoms with Crippen LogP contribution in [-0.4, -0.2) is 88.2 Å². The first kappa shape index (κ1) is 33.1. The fourth-order valence-electron chi connectivity index (χ4n) is 5.66. The quantitative estimate of drug-likeness (QED) is 0.412. The third-order valence-electron chi connectivity index (χ3n) is 7.64. The highest BCUT2D eigenvalue weighted by Crippen LogP contribution is 2.53. The second-order valence-corrected chi connectivity index (χ2v) is 10.2. The van der Waals surface area contributed by atoms with Crippen molar-refractivity contribution in [1.82, 2.24) is 9.80 Å². The van der Waals surface area contributed by atoms with Crippen molar-refractivity contribution in [3.63, 3.8) is 0 Å². The van der Waals surface area contributed by atoms with Gasteiger partial charge in [-0.3, -0.25) is 9.80 Å². The van der Waals surface area contributed by atoms with Gasteiger partial charge in [-0.05, 0) is 81.2 Å². The molecular formula is C28H32F6N2O6. The van der Waals surface area contributed by atoms with Gasteiger partial charge in [0, 0.05) is 12.0 Å². The van der Waals surface area contributed by atoms with Crippen LogP contribution in [0.2, 0.25) is 0 Å². The van der Waals surface area contributed by atoms with E-state index in [1.54, 1.807) is 6.26 Å². The van der Waals surface area contributed by atoms with Crippen LogP contribution in [0.25, 0.3) is 6.08 Å². The van der Waals surface area contributed by atoms with Gasteiger partial charge in [-0.15, -0.1) is 0 Å². The Bertz CT molecular complexity index is 1180. The Balaban J connectivity index is 0.000000289. The monoisotopic (exact) mass is 606 g/mol. The zero-order chi connectivity index (χ0) is 31.1. The van der Waals surface area contributed by atoms with E-state index in [-0.39, 0.29) is 17.6 Å². The normalized spacial score (nSPS) is 22.3. The number of likely N-dealkylation sites (tertiary alicyclic amines) is 2. The van der Waals surface area contributed by atoms with E-state index in [1.807, 2.05) is 18.2 Å². The summed E-state index contributed by atoms with van der Waals surface area (Å²) < 4.78 is 68.8. The molecule has 5 rings (SSSR count). The van der Waals surface area contributed by atoms with Gasteiger partial charge in [0.2, 0.25) is 0 Å². The van der Waals surface area contributed by atoms with Gasteiger partial charge in [-0.25, -0.2) is 9.59 Å². The number of aliphatic hydroxyl groups excluding tert-OH is 1. The van der Waals surface area contributed by atoms with E-state index < -0.39 is 24.3 Å². The Hall–Kier alpha value is -3.36. The number of aliphatic carboxylic acids is 2. The lowest BCUT2D eigenvalue weighted by molar-refractivity contribution is -0.193. The van der Waals surface area contributed by atoms with Crippen molar-refractivity contribution in [3.05, 3.63) is 65.6 Å². The number of furan rings is 1. The van der Waals surface area contributed by atoms with E-state index in [0.717, 1.165) is 51.3 Å². The summed E-state index contributed by atoms with van der Waals surface area (Å²) in [7, 11) is 0. The molecule has 3 heterocycles. The van der Waals surface area contributed by atoms with Crippen molar-refractivity contribution in [1.29, 1.82) is 0 Å². The molecule has 2 aliphatic heterocycles. The van der Waals surface area contributed by atoms with Crippen molar-refractivity contribution in [2.24, 2.45) is 0 Å².